The van der Waals surface area contributed by atoms with Crippen LogP contribution in [-0.2, 0) is 0 Å². The highest BCUT2D eigenvalue weighted by Crippen LogP contribution is 2.23. The van der Waals surface area contributed by atoms with Crippen molar-refractivity contribution in [1.82, 2.24) is 20.1 Å². The summed E-state index contributed by atoms with van der Waals surface area (Å²) in [5.41, 5.74) is 0.967. The lowest BCUT2D eigenvalue weighted by Crippen LogP contribution is -2.50. The first kappa shape index (κ1) is 20.6. The normalized spacial score (nSPS) is 14.3. The lowest BCUT2D eigenvalue weighted by atomic mass is 10.1. The van der Waals surface area contributed by atoms with Crippen molar-refractivity contribution in [2.24, 2.45) is 0 Å². The highest BCUT2D eigenvalue weighted by Gasteiger charge is 2.23. The summed E-state index contributed by atoms with van der Waals surface area (Å²) in [5, 5.41) is 2.88. The molecule has 154 valence electrons. The second kappa shape index (κ2) is 9.88. The molecule has 29 heavy (non-hydrogen) atoms. The molecule has 1 aromatic heterocycles. The van der Waals surface area contributed by atoms with Crippen LogP contribution in [0.2, 0.25) is 0 Å². The summed E-state index contributed by atoms with van der Waals surface area (Å²) in [7, 11) is 3.13. The molecule has 2 aromatic rings. The van der Waals surface area contributed by atoms with Crippen molar-refractivity contribution in [3.05, 3.63) is 53.9 Å². The van der Waals surface area contributed by atoms with Gasteiger partial charge in [0.1, 0.15) is 17.2 Å². The molecule has 1 aromatic carbocycles. The van der Waals surface area contributed by atoms with Crippen LogP contribution in [0.5, 0.6) is 11.5 Å². The van der Waals surface area contributed by atoms with Crippen molar-refractivity contribution in [2.45, 2.75) is 0 Å². The average molecular weight is 398 g/mol. The van der Waals surface area contributed by atoms with Gasteiger partial charge in [0.15, 0.2) is 0 Å². The molecule has 0 unspecified atom stereocenters. The highest BCUT2D eigenvalue weighted by molar-refractivity contribution is 5.95. The van der Waals surface area contributed by atoms with Gasteiger partial charge >= 0.3 is 0 Å². The number of nitrogens with zero attached hydrogens (tertiary/aromatic N) is 3. The highest BCUT2D eigenvalue weighted by atomic mass is 16.5. The van der Waals surface area contributed by atoms with Crippen LogP contribution in [0.15, 0.2) is 42.6 Å². The van der Waals surface area contributed by atoms with Gasteiger partial charge in [-0.2, -0.15) is 0 Å². The maximum absolute atomic E-state index is 12.8. The Morgan fingerprint density at radius 2 is 1.72 bits per heavy atom. The molecule has 1 aliphatic rings. The molecule has 8 nitrogen and oxygen atoms in total. The number of ether oxygens (including phenoxy) is 2. The predicted octanol–water partition coefficient (Wildman–Crippen LogP) is 1.29. The largest absolute Gasteiger partial charge is 0.497 e. The number of amides is 2. The number of aromatic nitrogens is 1. The number of methoxy groups -OCH3 is 2. The number of pyridine rings is 1. The molecule has 0 spiro atoms. The Labute approximate surface area is 170 Å². The van der Waals surface area contributed by atoms with Crippen molar-refractivity contribution in [2.75, 3.05) is 53.5 Å². The van der Waals surface area contributed by atoms with Gasteiger partial charge in [-0.1, -0.05) is 6.07 Å². The Kier molecular flexibility index (Phi) is 7.02. The first-order valence-electron chi connectivity index (χ1n) is 9.54. The molecule has 0 saturated carbocycles. The van der Waals surface area contributed by atoms with Gasteiger partial charge in [-0.05, 0) is 24.3 Å². The molecule has 2 amide bonds. The fourth-order valence-corrected chi connectivity index (χ4v) is 3.20. The quantitative estimate of drug-likeness (QED) is 0.757. The van der Waals surface area contributed by atoms with E-state index < -0.39 is 0 Å². The van der Waals surface area contributed by atoms with Crippen molar-refractivity contribution in [3.63, 3.8) is 0 Å². The standard InChI is InChI=1S/C21H26N4O4/c1-28-17-13-16(14-18(15-17)29-2)21(27)25-11-9-24(10-12-25)8-7-23-20(26)19-5-3-4-6-22-19/h3-6,13-15H,7-12H2,1-2H3,(H,23,26). The maximum atomic E-state index is 12.8. The second-order valence-electron chi connectivity index (χ2n) is 6.71. The molecule has 2 heterocycles. The summed E-state index contributed by atoms with van der Waals surface area (Å²) in [6, 6.07) is 10.4. The molecule has 1 fully saturated rings. The summed E-state index contributed by atoms with van der Waals surface area (Å²) in [4.78, 5) is 33.0. The summed E-state index contributed by atoms with van der Waals surface area (Å²) < 4.78 is 10.5. The summed E-state index contributed by atoms with van der Waals surface area (Å²) in [6.07, 6.45) is 1.60. The Balaban J connectivity index is 1.46. The number of piperazine rings is 1. The third kappa shape index (κ3) is 5.45. The van der Waals surface area contributed by atoms with Crippen LogP contribution < -0.4 is 14.8 Å². The van der Waals surface area contributed by atoms with Gasteiger partial charge in [-0.25, -0.2) is 0 Å². The van der Waals surface area contributed by atoms with E-state index >= 15 is 0 Å². The minimum absolute atomic E-state index is 0.0368. The Bertz CT molecular complexity index is 814. The van der Waals surface area contributed by atoms with Crippen LogP contribution in [0.4, 0.5) is 0 Å². The van der Waals surface area contributed by atoms with Crippen molar-refractivity contribution in [1.29, 1.82) is 0 Å². The van der Waals surface area contributed by atoms with E-state index in [1.807, 2.05) is 4.90 Å². The van der Waals surface area contributed by atoms with E-state index in [0.717, 1.165) is 19.6 Å². The first-order chi connectivity index (χ1) is 14.1. The van der Waals surface area contributed by atoms with Crippen LogP contribution in [0.25, 0.3) is 0 Å². The Hall–Kier alpha value is -3.13. The van der Waals surface area contributed by atoms with Gasteiger partial charge in [0, 0.05) is 57.1 Å². The zero-order chi connectivity index (χ0) is 20.6. The van der Waals surface area contributed by atoms with E-state index in [9.17, 15) is 9.59 Å². The number of nitrogens with one attached hydrogen (secondary N) is 1. The molecule has 3 rings (SSSR count). The molecular formula is C21H26N4O4. The summed E-state index contributed by atoms with van der Waals surface area (Å²) in [6.45, 7) is 4.04. The summed E-state index contributed by atoms with van der Waals surface area (Å²) in [5.74, 6) is 0.974. The lowest BCUT2D eigenvalue weighted by Gasteiger charge is -2.34. The van der Waals surface area contributed by atoms with Gasteiger partial charge in [-0.3, -0.25) is 19.5 Å². The fraction of sp³-hybridized carbons (Fsp3) is 0.381. The minimum Gasteiger partial charge on any atom is -0.497 e. The Morgan fingerprint density at radius 3 is 2.31 bits per heavy atom. The molecule has 0 aliphatic carbocycles. The van der Waals surface area contributed by atoms with Crippen molar-refractivity contribution >= 4 is 11.8 Å². The van der Waals surface area contributed by atoms with E-state index in [-0.39, 0.29) is 11.8 Å². The molecule has 1 saturated heterocycles. The van der Waals surface area contributed by atoms with Crippen LogP contribution in [-0.4, -0.2) is 80.1 Å². The topological polar surface area (TPSA) is 84.0 Å². The molecule has 0 bridgehead atoms. The molecule has 0 atom stereocenters. The van der Waals surface area contributed by atoms with E-state index in [0.29, 0.717) is 42.4 Å². The number of hydrogen-bond donors (Lipinski definition) is 1. The van der Waals surface area contributed by atoms with Crippen LogP contribution in [0.1, 0.15) is 20.8 Å². The van der Waals surface area contributed by atoms with Gasteiger partial charge in [0.05, 0.1) is 14.2 Å². The zero-order valence-corrected chi connectivity index (χ0v) is 16.8. The number of hydrogen-bond acceptors (Lipinski definition) is 6. The van der Waals surface area contributed by atoms with Gasteiger partial charge in [0.2, 0.25) is 0 Å². The van der Waals surface area contributed by atoms with Crippen LogP contribution in [0, 0.1) is 0 Å². The van der Waals surface area contributed by atoms with E-state index in [1.165, 1.54) is 0 Å². The van der Waals surface area contributed by atoms with E-state index in [4.69, 9.17) is 9.47 Å². The minimum atomic E-state index is -0.175. The van der Waals surface area contributed by atoms with E-state index in [1.54, 1.807) is 56.8 Å². The van der Waals surface area contributed by atoms with Crippen LogP contribution >= 0.6 is 0 Å². The first-order valence-corrected chi connectivity index (χ1v) is 9.54. The average Bonchev–Trinajstić information content (AvgIpc) is 2.79. The van der Waals surface area contributed by atoms with Gasteiger partial charge < -0.3 is 19.7 Å². The molecule has 1 N–H and O–H groups in total. The number of benzene rings is 1. The number of carbonyl (C=O) groups is 2. The zero-order valence-electron chi connectivity index (χ0n) is 16.8. The lowest BCUT2D eigenvalue weighted by molar-refractivity contribution is 0.0637. The summed E-state index contributed by atoms with van der Waals surface area (Å²) >= 11 is 0. The van der Waals surface area contributed by atoms with Gasteiger partial charge in [-0.15, -0.1) is 0 Å². The molecule has 8 heteroatoms. The maximum Gasteiger partial charge on any atom is 0.269 e. The fourth-order valence-electron chi connectivity index (χ4n) is 3.20. The third-order valence-corrected chi connectivity index (χ3v) is 4.87. The van der Waals surface area contributed by atoms with Crippen LogP contribution in [0.3, 0.4) is 0 Å². The van der Waals surface area contributed by atoms with E-state index in [2.05, 4.69) is 15.2 Å². The van der Waals surface area contributed by atoms with Gasteiger partial charge in [0.25, 0.3) is 11.8 Å². The molecular weight excluding hydrogens is 372 g/mol. The number of rotatable bonds is 7. The third-order valence-electron chi connectivity index (χ3n) is 4.87. The molecule has 1 aliphatic heterocycles. The predicted molar refractivity (Wildman–Crippen MR) is 108 cm³/mol. The monoisotopic (exact) mass is 398 g/mol. The Morgan fingerprint density at radius 1 is 1.03 bits per heavy atom. The second-order valence-corrected chi connectivity index (χ2v) is 6.71. The SMILES string of the molecule is COc1cc(OC)cc(C(=O)N2CCN(CCNC(=O)c3ccccn3)CC2)c1. The van der Waals surface area contributed by atoms with Crippen molar-refractivity contribution in [3.8, 4) is 11.5 Å². The smallest absolute Gasteiger partial charge is 0.269 e. The number of carbonyl (C=O) groups excluding carboxylic acids is 2. The molecule has 0 radical (unpaired) electrons. The van der Waals surface area contributed by atoms with Crippen molar-refractivity contribution < 1.29 is 19.1 Å².